The lowest BCUT2D eigenvalue weighted by atomic mass is 10.2. The van der Waals surface area contributed by atoms with Gasteiger partial charge in [0.25, 0.3) is 0 Å². The van der Waals surface area contributed by atoms with Crippen LogP contribution >= 0.6 is 0 Å². The average Bonchev–Trinajstić information content (AvgIpc) is 2.59. The highest BCUT2D eigenvalue weighted by Crippen LogP contribution is 2.02. The predicted molar refractivity (Wildman–Crippen MR) is 48.0 cm³/mol. The van der Waals surface area contributed by atoms with Crippen molar-refractivity contribution in [1.29, 1.82) is 0 Å². The van der Waals surface area contributed by atoms with Gasteiger partial charge in [-0.1, -0.05) is 30.3 Å². The maximum absolute atomic E-state index is 3.09. The first-order valence-corrected chi connectivity index (χ1v) is 4.22. The van der Waals surface area contributed by atoms with Gasteiger partial charge in [0.05, 0.1) is 0 Å². The molecule has 0 saturated carbocycles. The molecule has 0 aromatic heterocycles. The summed E-state index contributed by atoms with van der Waals surface area (Å²) in [5, 5.41) is 2.16. The van der Waals surface area contributed by atoms with Crippen molar-refractivity contribution in [2.75, 3.05) is 13.1 Å². The molecule has 2 N–H and O–H groups in total. The summed E-state index contributed by atoms with van der Waals surface area (Å²) in [4.78, 5) is 0. The van der Waals surface area contributed by atoms with E-state index in [9.17, 15) is 0 Å². The van der Waals surface area contributed by atoms with Gasteiger partial charge in [-0.2, -0.15) is 5.53 Å². The van der Waals surface area contributed by atoms with Crippen LogP contribution in [0.4, 0.5) is 0 Å². The van der Waals surface area contributed by atoms with Crippen molar-refractivity contribution < 1.29 is 0 Å². The fourth-order valence-corrected chi connectivity index (χ4v) is 1.34. The summed E-state index contributed by atoms with van der Waals surface area (Å²) in [6.07, 6.45) is 0. The molecule has 1 aromatic carbocycles. The fraction of sp³-hybridized carbons (Fsp3) is 0.333. The smallest absolute Gasteiger partial charge is 0.0395 e. The number of nitrogens with one attached hydrogen (secondary N) is 2. The molecule has 64 valence electrons. The molecule has 12 heavy (non-hydrogen) atoms. The first-order valence-electron chi connectivity index (χ1n) is 4.22. The largest absolute Gasteiger partial charge is 0.243 e. The summed E-state index contributed by atoms with van der Waals surface area (Å²) in [6.45, 7) is 3.05. The van der Waals surface area contributed by atoms with Crippen LogP contribution in [0.3, 0.4) is 0 Å². The molecule has 1 aromatic rings. The number of benzene rings is 1. The SMILES string of the molecule is c1ccc(CN2CCNN2)cc1. The molecule has 0 bridgehead atoms. The lowest BCUT2D eigenvalue weighted by Gasteiger charge is -2.13. The van der Waals surface area contributed by atoms with Gasteiger partial charge in [-0.15, -0.1) is 0 Å². The van der Waals surface area contributed by atoms with E-state index in [1.54, 1.807) is 0 Å². The van der Waals surface area contributed by atoms with Crippen molar-refractivity contribution in [2.45, 2.75) is 6.54 Å². The molecule has 0 aliphatic carbocycles. The minimum atomic E-state index is 0.966. The molecule has 0 radical (unpaired) electrons. The second-order valence-corrected chi connectivity index (χ2v) is 2.95. The molecule has 0 amide bonds. The van der Waals surface area contributed by atoms with E-state index < -0.39 is 0 Å². The average molecular weight is 163 g/mol. The first kappa shape index (κ1) is 7.73. The summed E-state index contributed by atoms with van der Waals surface area (Å²) in [5.74, 6) is 0. The molecule has 3 heteroatoms. The van der Waals surface area contributed by atoms with Gasteiger partial charge < -0.3 is 0 Å². The zero-order chi connectivity index (χ0) is 8.23. The van der Waals surface area contributed by atoms with Gasteiger partial charge in [-0.25, -0.2) is 10.4 Å². The summed E-state index contributed by atoms with van der Waals surface area (Å²) in [7, 11) is 0. The first-order chi connectivity index (χ1) is 5.95. The second kappa shape index (κ2) is 3.67. The Hall–Kier alpha value is -0.900. The van der Waals surface area contributed by atoms with Crippen molar-refractivity contribution in [1.82, 2.24) is 16.0 Å². The van der Waals surface area contributed by atoms with Crippen LogP contribution in [0.1, 0.15) is 5.56 Å². The number of nitrogens with zero attached hydrogens (tertiary/aromatic N) is 1. The highest BCUT2D eigenvalue weighted by atomic mass is 15.7. The lowest BCUT2D eigenvalue weighted by Crippen LogP contribution is -2.35. The van der Waals surface area contributed by atoms with Gasteiger partial charge in [0.1, 0.15) is 0 Å². The summed E-state index contributed by atoms with van der Waals surface area (Å²) in [6, 6.07) is 10.5. The van der Waals surface area contributed by atoms with E-state index in [0.29, 0.717) is 0 Å². The molecule has 1 heterocycles. The van der Waals surface area contributed by atoms with Crippen LogP contribution in [0.25, 0.3) is 0 Å². The van der Waals surface area contributed by atoms with Crippen molar-refractivity contribution in [3.05, 3.63) is 35.9 Å². The molecular formula is C9H13N3. The van der Waals surface area contributed by atoms with Crippen molar-refractivity contribution >= 4 is 0 Å². The van der Waals surface area contributed by atoms with E-state index in [2.05, 4.69) is 40.2 Å². The summed E-state index contributed by atoms with van der Waals surface area (Å²) < 4.78 is 0. The van der Waals surface area contributed by atoms with E-state index in [1.165, 1.54) is 5.56 Å². The number of hydrogen-bond donors (Lipinski definition) is 2. The Labute approximate surface area is 72.3 Å². The molecule has 1 fully saturated rings. The summed E-state index contributed by atoms with van der Waals surface area (Å²) >= 11 is 0. The van der Waals surface area contributed by atoms with Gasteiger partial charge in [0, 0.05) is 19.6 Å². The van der Waals surface area contributed by atoms with Crippen LogP contribution < -0.4 is 11.0 Å². The molecule has 0 unspecified atom stereocenters. The Balaban J connectivity index is 1.94. The Bertz CT molecular complexity index is 229. The third-order valence-corrected chi connectivity index (χ3v) is 1.96. The maximum atomic E-state index is 3.09. The van der Waals surface area contributed by atoms with E-state index in [-0.39, 0.29) is 0 Å². The molecule has 2 rings (SSSR count). The second-order valence-electron chi connectivity index (χ2n) is 2.95. The standard InChI is InChI=1S/C9H13N3/c1-2-4-9(5-3-1)8-12-7-6-10-11-12/h1-5,10-11H,6-8H2. The van der Waals surface area contributed by atoms with Crippen molar-refractivity contribution in [2.24, 2.45) is 0 Å². The Morgan fingerprint density at radius 2 is 2.08 bits per heavy atom. The Morgan fingerprint density at radius 3 is 2.75 bits per heavy atom. The molecular weight excluding hydrogens is 150 g/mol. The highest BCUT2D eigenvalue weighted by molar-refractivity contribution is 5.14. The minimum Gasteiger partial charge on any atom is -0.243 e. The van der Waals surface area contributed by atoms with Gasteiger partial charge in [-0.05, 0) is 5.56 Å². The molecule has 1 aliphatic rings. The van der Waals surface area contributed by atoms with Crippen LogP contribution in [0, 0.1) is 0 Å². The van der Waals surface area contributed by atoms with Gasteiger partial charge >= 0.3 is 0 Å². The van der Waals surface area contributed by atoms with Crippen LogP contribution in [-0.4, -0.2) is 18.1 Å². The topological polar surface area (TPSA) is 27.3 Å². The molecule has 0 atom stereocenters. The van der Waals surface area contributed by atoms with Crippen molar-refractivity contribution in [3.8, 4) is 0 Å². The number of hydrazine groups is 2. The zero-order valence-corrected chi connectivity index (χ0v) is 6.96. The molecule has 3 nitrogen and oxygen atoms in total. The quantitative estimate of drug-likeness (QED) is 0.665. The number of hydrogen-bond acceptors (Lipinski definition) is 3. The van der Waals surface area contributed by atoms with Gasteiger partial charge in [0.2, 0.25) is 0 Å². The van der Waals surface area contributed by atoms with Gasteiger partial charge in [0.15, 0.2) is 0 Å². The number of rotatable bonds is 2. The molecule has 0 spiro atoms. The predicted octanol–water partition coefficient (Wildman–Crippen LogP) is 0.511. The van der Waals surface area contributed by atoms with E-state index in [4.69, 9.17) is 0 Å². The highest BCUT2D eigenvalue weighted by Gasteiger charge is 2.09. The third-order valence-electron chi connectivity index (χ3n) is 1.96. The molecule has 1 aliphatic heterocycles. The monoisotopic (exact) mass is 163 g/mol. The normalized spacial score (nSPS) is 18.3. The minimum absolute atomic E-state index is 0.966. The van der Waals surface area contributed by atoms with E-state index in [0.717, 1.165) is 19.6 Å². The van der Waals surface area contributed by atoms with Crippen LogP contribution in [0.15, 0.2) is 30.3 Å². The van der Waals surface area contributed by atoms with E-state index >= 15 is 0 Å². The lowest BCUT2D eigenvalue weighted by molar-refractivity contribution is 0.224. The van der Waals surface area contributed by atoms with E-state index in [1.807, 2.05) is 6.07 Å². The Morgan fingerprint density at radius 1 is 1.25 bits per heavy atom. The van der Waals surface area contributed by atoms with Gasteiger partial charge in [-0.3, -0.25) is 0 Å². The maximum Gasteiger partial charge on any atom is 0.0395 e. The third kappa shape index (κ3) is 1.82. The fourth-order valence-electron chi connectivity index (χ4n) is 1.34. The van der Waals surface area contributed by atoms with Crippen LogP contribution in [0.5, 0.6) is 0 Å². The zero-order valence-electron chi connectivity index (χ0n) is 6.96. The summed E-state index contributed by atoms with van der Waals surface area (Å²) in [5.41, 5.74) is 7.50. The Kier molecular flexibility index (Phi) is 2.36. The van der Waals surface area contributed by atoms with Crippen LogP contribution in [0.2, 0.25) is 0 Å². The van der Waals surface area contributed by atoms with Crippen LogP contribution in [-0.2, 0) is 6.54 Å². The van der Waals surface area contributed by atoms with Crippen molar-refractivity contribution in [3.63, 3.8) is 0 Å². The molecule has 1 saturated heterocycles.